The number of hydrogen-bond acceptors (Lipinski definition) is 6. The number of benzene rings is 2. The topological polar surface area (TPSA) is 125 Å². The number of nitrogens with one attached hydrogen (secondary N) is 1. The molecule has 8 nitrogen and oxygen atoms in total. The molecule has 0 aliphatic carbocycles. The van der Waals surface area contributed by atoms with Crippen LogP contribution in [0.3, 0.4) is 0 Å². The summed E-state index contributed by atoms with van der Waals surface area (Å²) in [6, 6.07) is 5.91. The van der Waals surface area contributed by atoms with Crippen LogP contribution in [-0.4, -0.2) is 26.0 Å². The molecule has 2 atom stereocenters. The lowest BCUT2D eigenvalue weighted by molar-refractivity contribution is -0.384. The second kappa shape index (κ2) is 7.18. The Hall–Kier alpha value is -2.63. The summed E-state index contributed by atoms with van der Waals surface area (Å²) in [5.74, 6) is -2.04. The van der Waals surface area contributed by atoms with Crippen LogP contribution >= 0.6 is 0 Å². The summed E-state index contributed by atoms with van der Waals surface area (Å²) in [5.41, 5.74) is -0.0329. The van der Waals surface area contributed by atoms with Crippen molar-refractivity contribution in [2.45, 2.75) is 23.5 Å². The monoisotopic (exact) mass is 399 g/mol. The summed E-state index contributed by atoms with van der Waals surface area (Å²) >= 11 is 0. The zero-order valence-electron chi connectivity index (χ0n) is 13.8. The molecule has 0 aromatic heterocycles. The zero-order valence-corrected chi connectivity index (χ0v) is 14.6. The fourth-order valence-electron chi connectivity index (χ4n) is 2.95. The van der Waals surface area contributed by atoms with Crippen LogP contribution in [0.4, 0.5) is 20.2 Å². The van der Waals surface area contributed by atoms with E-state index in [-0.39, 0.29) is 22.9 Å². The average molecular weight is 399 g/mol. The number of nitrogens with two attached hydrogens (primary N) is 1. The number of rotatable bonds is 5. The number of non-ortho nitro benzene ring substituents is 1. The third-order valence-electron chi connectivity index (χ3n) is 4.19. The van der Waals surface area contributed by atoms with E-state index in [0.717, 1.165) is 30.3 Å². The molecule has 3 rings (SSSR count). The number of halogens is 2. The van der Waals surface area contributed by atoms with Crippen LogP contribution in [0.15, 0.2) is 41.3 Å². The smallest absolute Gasteiger partial charge is 0.271 e. The fourth-order valence-corrected chi connectivity index (χ4v) is 3.63. The van der Waals surface area contributed by atoms with Crippen molar-refractivity contribution < 1.29 is 26.9 Å². The molecule has 1 aliphatic heterocycles. The highest BCUT2D eigenvalue weighted by Gasteiger charge is 2.32. The second-order valence-corrected chi connectivity index (χ2v) is 7.52. The van der Waals surface area contributed by atoms with Crippen molar-refractivity contribution in [3.05, 3.63) is 63.7 Å². The average Bonchev–Trinajstić information content (AvgIpc) is 3.04. The summed E-state index contributed by atoms with van der Waals surface area (Å²) < 4.78 is 55.8. The summed E-state index contributed by atoms with van der Waals surface area (Å²) in [4.78, 5) is 10.0. The second-order valence-electron chi connectivity index (χ2n) is 5.99. The Morgan fingerprint density at radius 1 is 1.19 bits per heavy atom. The third-order valence-corrected chi connectivity index (χ3v) is 5.15. The summed E-state index contributed by atoms with van der Waals surface area (Å²) in [7, 11) is -4.15. The molecule has 1 fully saturated rings. The van der Waals surface area contributed by atoms with Crippen molar-refractivity contribution >= 4 is 21.4 Å². The first-order valence-corrected chi connectivity index (χ1v) is 9.36. The van der Waals surface area contributed by atoms with Gasteiger partial charge in [-0.05, 0) is 30.2 Å². The standard InChI is InChI=1S/C16H15F2N3O5S/c17-11-3-1-9(7-12(11)18)16-13(5-6-26-16)20-14-8-10(21(22)23)2-4-15(14)27(19,24)25/h1-4,7-8,13,16,20H,5-6H2,(H2,19,24,25). The molecule has 0 saturated carbocycles. The van der Waals surface area contributed by atoms with E-state index in [2.05, 4.69) is 5.32 Å². The minimum absolute atomic E-state index is 0.0604. The van der Waals surface area contributed by atoms with Crippen molar-refractivity contribution in [1.29, 1.82) is 0 Å². The Balaban J connectivity index is 1.96. The van der Waals surface area contributed by atoms with E-state index in [0.29, 0.717) is 12.0 Å². The molecule has 0 bridgehead atoms. The number of nitro groups is 1. The molecule has 1 aliphatic rings. The third kappa shape index (κ3) is 4.04. The molecule has 3 N–H and O–H groups in total. The van der Waals surface area contributed by atoms with E-state index in [1.54, 1.807) is 0 Å². The molecule has 0 amide bonds. The lowest BCUT2D eigenvalue weighted by Gasteiger charge is -2.22. The first kappa shape index (κ1) is 19.1. The van der Waals surface area contributed by atoms with Gasteiger partial charge in [-0.2, -0.15) is 0 Å². The lowest BCUT2D eigenvalue weighted by Crippen LogP contribution is -2.25. The fraction of sp³-hybridized carbons (Fsp3) is 0.250. The van der Waals surface area contributed by atoms with E-state index in [1.165, 1.54) is 6.07 Å². The highest BCUT2D eigenvalue weighted by molar-refractivity contribution is 7.89. The lowest BCUT2D eigenvalue weighted by atomic mass is 10.0. The van der Waals surface area contributed by atoms with Crippen LogP contribution in [0, 0.1) is 21.7 Å². The van der Waals surface area contributed by atoms with Crippen LogP contribution in [0.1, 0.15) is 18.1 Å². The Labute approximate surface area is 153 Å². The molecule has 27 heavy (non-hydrogen) atoms. The van der Waals surface area contributed by atoms with Gasteiger partial charge in [-0.3, -0.25) is 10.1 Å². The maximum Gasteiger partial charge on any atom is 0.271 e. The molecule has 11 heteroatoms. The maximum atomic E-state index is 13.5. The van der Waals surface area contributed by atoms with E-state index >= 15 is 0 Å². The SMILES string of the molecule is NS(=O)(=O)c1ccc([N+](=O)[O-])cc1NC1CCOC1c1ccc(F)c(F)c1. The minimum Gasteiger partial charge on any atom is -0.378 e. The van der Waals surface area contributed by atoms with Gasteiger partial charge in [0.05, 0.1) is 16.7 Å². The Morgan fingerprint density at radius 2 is 1.93 bits per heavy atom. The highest BCUT2D eigenvalue weighted by atomic mass is 32.2. The summed E-state index contributed by atoms with van der Waals surface area (Å²) in [6.07, 6.45) is -0.288. The van der Waals surface area contributed by atoms with E-state index in [4.69, 9.17) is 9.88 Å². The van der Waals surface area contributed by atoms with Crippen LogP contribution in [0.2, 0.25) is 0 Å². The van der Waals surface area contributed by atoms with Crippen molar-refractivity contribution in [1.82, 2.24) is 0 Å². The van der Waals surface area contributed by atoms with Gasteiger partial charge in [-0.1, -0.05) is 6.07 Å². The zero-order chi connectivity index (χ0) is 19.8. The van der Waals surface area contributed by atoms with Crippen LogP contribution < -0.4 is 10.5 Å². The molecule has 1 heterocycles. The predicted octanol–water partition coefficient (Wildman–Crippen LogP) is 2.46. The van der Waals surface area contributed by atoms with Gasteiger partial charge in [0.1, 0.15) is 11.0 Å². The van der Waals surface area contributed by atoms with Gasteiger partial charge in [0.25, 0.3) is 5.69 Å². The van der Waals surface area contributed by atoms with Crippen molar-refractivity contribution in [2.24, 2.45) is 5.14 Å². The molecule has 0 spiro atoms. The molecule has 144 valence electrons. The number of ether oxygens (including phenoxy) is 1. The number of nitro benzene ring substituents is 1. The van der Waals surface area contributed by atoms with Gasteiger partial charge in [-0.25, -0.2) is 22.3 Å². The number of hydrogen-bond donors (Lipinski definition) is 2. The first-order chi connectivity index (χ1) is 12.7. The summed E-state index contributed by atoms with van der Waals surface area (Å²) in [6.45, 7) is 0.279. The van der Waals surface area contributed by atoms with Crippen molar-refractivity contribution in [3.63, 3.8) is 0 Å². The molecule has 2 aromatic rings. The molecule has 0 radical (unpaired) electrons. The normalized spacial score (nSPS) is 19.8. The van der Waals surface area contributed by atoms with Crippen molar-refractivity contribution in [2.75, 3.05) is 11.9 Å². The van der Waals surface area contributed by atoms with Gasteiger partial charge in [0.2, 0.25) is 10.0 Å². The van der Waals surface area contributed by atoms with Crippen LogP contribution in [0.5, 0.6) is 0 Å². The predicted molar refractivity (Wildman–Crippen MR) is 91.5 cm³/mol. The number of nitrogens with zero attached hydrogens (tertiary/aromatic N) is 1. The van der Waals surface area contributed by atoms with E-state index < -0.39 is 38.7 Å². The quantitative estimate of drug-likeness (QED) is 0.588. The number of anilines is 1. The Morgan fingerprint density at radius 3 is 2.56 bits per heavy atom. The molecular formula is C16H15F2N3O5S. The molecule has 1 saturated heterocycles. The highest BCUT2D eigenvalue weighted by Crippen LogP contribution is 2.34. The van der Waals surface area contributed by atoms with Gasteiger partial charge in [0, 0.05) is 18.7 Å². The first-order valence-electron chi connectivity index (χ1n) is 7.81. The number of primary sulfonamides is 1. The van der Waals surface area contributed by atoms with Gasteiger partial charge >= 0.3 is 0 Å². The van der Waals surface area contributed by atoms with Gasteiger partial charge in [-0.15, -0.1) is 0 Å². The van der Waals surface area contributed by atoms with E-state index in [1.807, 2.05) is 0 Å². The van der Waals surface area contributed by atoms with Gasteiger partial charge < -0.3 is 10.1 Å². The number of sulfonamides is 1. The molecular weight excluding hydrogens is 384 g/mol. The Bertz CT molecular complexity index is 1000. The Kier molecular flexibility index (Phi) is 5.09. The van der Waals surface area contributed by atoms with Crippen LogP contribution in [0.25, 0.3) is 0 Å². The van der Waals surface area contributed by atoms with Gasteiger partial charge in [0.15, 0.2) is 11.6 Å². The van der Waals surface area contributed by atoms with E-state index in [9.17, 15) is 27.3 Å². The molecule has 2 aromatic carbocycles. The maximum absolute atomic E-state index is 13.5. The van der Waals surface area contributed by atoms with Crippen LogP contribution in [-0.2, 0) is 14.8 Å². The molecule has 2 unspecified atom stereocenters. The largest absolute Gasteiger partial charge is 0.378 e. The minimum atomic E-state index is -4.15. The van der Waals surface area contributed by atoms with Crippen molar-refractivity contribution in [3.8, 4) is 0 Å². The summed E-state index contributed by atoms with van der Waals surface area (Å²) in [5, 5.41) is 19.1.